The molecule has 0 bridgehead atoms. The van der Waals surface area contributed by atoms with Crippen molar-refractivity contribution in [2.45, 2.75) is 25.8 Å². The lowest BCUT2D eigenvalue weighted by Gasteiger charge is -2.31. The maximum Gasteiger partial charge on any atom is 0.220 e. The molecule has 4 rings (SSSR count). The third kappa shape index (κ3) is 5.52. The van der Waals surface area contributed by atoms with Gasteiger partial charge in [0.05, 0.1) is 12.8 Å². The first-order chi connectivity index (χ1) is 15.2. The molecule has 31 heavy (non-hydrogen) atoms. The van der Waals surface area contributed by atoms with E-state index in [1.165, 1.54) is 0 Å². The first kappa shape index (κ1) is 21.1. The van der Waals surface area contributed by atoms with Gasteiger partial charge < -0.3 is 19.9 Å². The van der Waals surface area contributed by atoms with Gasteiger partial charge >= 0.3 is 0 Å². The second kappa shape index (κ2) is 10.3. The summed E-state index contributed by atoms with van der Waals surface area (Å²) in [5.41, 5.74) is 2.94. The molecule has 0 unspecified atom stereocenters. The van der Waals surface area contributed by atoms with Crippen molar-refractivity contribution in [3.8, 4) is 17.1 Å². The Labute approximate surface area is 183 Å². The van der Waals surface area contributed by atoms with Crippen LogP contribution in [0.4, 0.5) is 0 Å². The smallest absolute Gasteiger partial charge is 0.220 e. The maximum atomic E-state index is 12.7. The van der Waals surface area contributed by atoms with E-state index in [1.807, 2.05) is 60.7 Å². The largest absolute Gasteiger partial charge is 0.496 e. The van der Waals surface area contributed by atoms with Crippen LogP contribution >= 0.6 is 0 Å². The van der Waals surface area contributed by atoms with Gasteiger partial charge in [0.2, 0.25) is 5.91 Å². The highest BCUT2D eigenvalue weighted by molar-refractivity contribution is 5.76. The van der Waals surface area contributed by atoms with Gasteiger partial charge in [-0.25, -0.2) is 0 Å². The average molecular weight is 420 g/mol. The Morgan fingerprint density at radius 2 is 1.97 bits per heavy atom. The topological polar surface area (TPSA) is 76.4 Å². The van der Waals surface area contributed by atoms with E-state index in [4.69, 9.17) is 9.26 Å². The van der Waals surface area contributed by atoms with Crippen LogP contribution in [-0.4, -0.2) is 31.3 Å². The van der Waals surface area contributed by atoms with E-state index < -0.39 is 0 Å². The monoisotopic (exact) mass is 419 g/mol. The molecule has 2 N–H and O–H groups in total. The van der Waals surface area contributed by atoms with Gasteiger partial charge in [0.15, 0.2) is 5.76 Å². The third-order valence-electron chi connectivity index (χ3n) is 5.97. The molecule has 0 radical (unpaired) electrons. The maximum absolute atomic E-state index is 12.7. The van der Waals surface area contributed by atoms with Crippen molar-refractivity contribution in [1.82, 2.24) is 15.8 Å². The highest BCUT2D eigenvalue weighted by Gasteiger charge is 2.28. The lowest BCUT2D eigenvalue weighted by atomic mass is 9.81. The summed E-state index contributed by atoms with van der Waals surface area (Å²) in [7, 11) is 1.65. The fraction of sp³-hybridized carbons (Fsp3) is 0.360. The van der Waals surface area contributed by atoms with Crippen LogP contribution in [0, 0.1) is 11.8 Å². The molecule has 0 saturated carbocycles. The molecule has 6 heteroatoms. The van der Waals surface area contributed by atoms with Gasteiger partial charge in [-0.15, -0.1) is 0 Å². The standard InChI is InChI=1S/C25H29N3O3/c1-30-23-10-6-5-9-20(23)17-27-25(29)14-19-11-12-26-16-21(19)13-22-15-24(31-28-22)18-7-3-2-4-8-18/h2-10,15,19,21,26H,11-14,16-17H2,1H3,(H,27,29)/t19-,21-/m0/s1. The van der Waals surface area contributed by atoms with E-state index in [-0.39, 0.29) is 5.91 Å². The third-order valence-corrected chi connectivity index (χ3v) is 5.97. The number of benzene rings is 2. The van der Waals surface area contributed by atoms with Crippen LogP contribution in [0.3, 0.4) is 0 Å². The molecule has 2 atom stereocenters. The molecule has 162 valence electrons. The molecule has 2 aromatic carbocycles. The minimum Gasteiger partial charge on any atom is -0.496 e. The summed E-state index contributed by atoms with van der Waals surface area (Å²) in [6.07, 6.45) is 2.30. The SMILES string of the molecule is COc1ccccc1CNC(=O)C[C@@H]1CCNC[C@@H]1Cc1cc(-c2ccccc2)on1. The zero-order chi connectivity index (χ0) is 21.5. The Bertz CT molecular complexity index is 986. The minimum absolute atomic E-state index is 0.0768. The van der Waals surface area contributed by atoms with E-state index in [0.717, 1.165) is 54.3 Å². The van der Waals surface area contributed by atoms with Crippen LogP contribution in [-0.2, 0) is 17.8 Å². The first-order valence-corrected chi connectivity index (χ1v) is 10.8. The summed E-state index contributed by atoms with van der Waals surface area (Å²) in [6.45, 7) is 2.30. The first-order valence-electron chi connectivity index (χ1n) is 10.8. The summed E-state index contributed by atoms with van der Waals surface area (Å²) < 4.78 is 10.9. The van der Waals surface area contributed by atoms with Crippen molar-refractivity contribution in [3.05, 3.63) is 71.9 Å². The Morgan fingerprint density at radius 1 is 1.16 bits per heavy atom. The summed E-state index contributed by atoms with van der Waals surface area (Å²) >= 11 is 0. The molecule has 0 aliphatic carbocycles. The molecule has 1 saturated heterocycles. The number of amides is 1. The molecule has 1 amide bonds. The predicted octanol–water partition coefficient (Wildman–Crippen LogP) is 3.82. The summed E-state index contributed by atoms with van der Waals surface area (Å²) in [5, 5.41) is 10.8. The molecule has 6 nitrogen and oxygen atoms in total. The number of para-hydroxylation sites is 1. The zero-order valence-corrected chi connectivity index (χ0v) is 17.8. The van der Waals surface area contributed by atoms with Crippen LogP contribution in [0.2, 0.25) is 0 Å². The molecule has 1 aromatic heterocycles. The minimum atomic E-state index is 0.0768. The Balaban J connectivity index is 1.34. The lowest BCUT2D eigenvalue weighted by molar-refractivity contribution is -0.122. The summed E-state index contributed by atoms with van der Waals surface area (Å²) in [5.74, 6) is 2.32. The number of ether oxygens (including phenoxy) is 1. The number of piperidine rings is 1. The van der Waals surface area contributed by atoms with Crippen molar-refractivity contribution in [2.24, 2.45) is 11.8 Å². The molecule has 1 fully saturated rings. The average Bonchev–Trinajstić information content (AvgIpc) is 3.28. The Morgan fingerprint density at radius 3 is 2.81 bits per heavy atom. The predicted molar refractivity (Wildman–Crippen MR) is 120 cm³/mol. The van der Waals surface area contributed by atoms with Crippen molar-refractivity contribution in [3.63, 3.8) is 0 Å². The highest BCUT2D eigenvalue weighted by Crippen LogP contribution is 2.28. The van der Waals surface area contributed by atoms with Gasteiger partial charge in [-0.05, 0) is 43.8 Å². The number of rotatable bonds is 8. The van der Waals surface area contributed by atoms with Crippen LogP contribution in [0.15, 0.2) is 65.2 Å². The number of aromatic nitrogens is 1. The molecule has 2 heterocycles. The molecular weight excluding hydrogens is 390 g/mol. The van der Waals surface area contributed by atoms with Crippen molar-refractivity contribution < 1.29 is 14.1 Å². The highest BCUT2D eigenvalue weighted by atomic mass is 16.5. The van der Waals surface area contributed by atoms with E-state index >= 15 is 0 Å². The van der Waals surface area contributed by atoms with E-state index in [2.05, 4.69) is 15.8 Å². The van der Waals surface area contributed by atoms with E-state index in [9.17, 15) is 4.79 Å². The van der Waals surface area contributed by atoms with Gasteiger partial charge in [-0.3, -0.25) is 4.79 Å². The van der Waals surface area contributed by atoms with E-state index in [1.54, 1.807) is 7.11 Å². The molecule has 0 spiro atoms. The summed E-state index contributed by atoms with van der Waals surface area (Å²) in [4.78, 5) is 12.7. The van der Waals surface area contributed by atoms with Crippen molar-refractivity contribution in [2.75, 3.05) is 20.2 Å². The van der Waals surface area contributed by atoms with Crippen LogP contribution < -0.4 is 15.4 Å². The number of carbonyl (C=O) groups excluding carboxylic acids is 1. The van der Waals surface area contributed by atoms with Gasteiger partial charge in [0, 0.05) is 30.2 Å². The number of methoxy groups -OCH3 is 1. The number of nitrogens with zero attached hydrogens (tertiary/aromatic N) is 1. The molecule has 1 aliphatic heterocycles. The van der Waals surface area contributed by atoms with Crippen LogP contribution in [0.25, 0.3) is 11.3 Å². The van der Waals surface area contributed by atoms with Crippen LogP contribution in [0.5, 0.6) is 5.75 Å². The van der Waals surface area contributed by atoms with Crippen molar-refractivity contribution >= 4 is 5.91 Å². The fourth-order valence-corrected chi connectivity index (χ4v) is 4.25. The van der Waals surface area contributed by atoms with Gasteiger partial charge in [0.25, 0.3) is 0 Å². The quantitative estimate of drug-likeness (QED) is 0.580. The van der Waals surface area contributed by atoms with Gasteiger partial charge in [-0.2, -0.15) is 0 Å². The van der Waals surface area contributed by atoms with Crippen molar-refractivity contribution in [1.29, 1.82) is 0 Å². The number of nitrogens with one attached hydrogen (secondary N) is 2. The lowest BCUT2D eigenvalue weighted by Crippen LogP contribution is -2.40. The van der Waals surface area contributed by atoms with Gasteiger partial charge in [-0.1, -0.05) is 53.7 Å². The second-order valence-electron chi connectivity index (χ2n) is 8.06. The van der Waals surface area contributed by atoms with Gasteiger partial charge in [0.1, 0.15) is 5.75 Å². The number of carbonyl (C=O) groups is 1. The number of hydrogen-bond donors (Lipinski definition) is 2. The Hall–Kier alpha value is -3.12. The second-order valence-corrected chi connectivity index (χ2v) is 8.06. The van der Waals surface area contributed by atoms with E-state index in [0.29, 0.717) is 24.8 Å². The number of hydrogen-bond acceptors (Lipinski definition) is 5. The summed E-state index contributed by atoms with van der Waals surface area (Å²) in [6, 6.07) is 19.8. The van der Waals surface area contributed by atoms with Crippen LogP contribution in [0.1, 0.15) is 24.1 Å². The zero-order valence-electron chi connectivity index (χ0n) is 17.8. The molecule has 3 aromatic rings. The Kier molecular flexibility index (Phi) is 6.99. The molecule has 1 aliphatic rings. The normalized spacial score (nSPS) is 18.5. The molecular formula is C25H29N3O3. The fourth-order valence-electron chi connectivity index (χ4n) is 4.25.